The Morgan fingerprint density at radius 2 is 2.11 bits per heavy atom. The summed E-state index contributed by atoms with van der Waals surface area (Å²) in [6, 6.07) is 13.5. The lowest BCUT2D eigenvalue weighted by Crippen LogP contribution is -2.24. The average molecular weight is 396 g/mol. The van der Waals surface area contributed by atoms with Crippen LogP contribution in [0.3, 0.4) is 0 Å². The van der Waals surface area contributed by atoms with E-state index in [0.717, 1.165) is 5.56 Å². The van der Waals surface area contributed by atoms with Crippen LogP contribution in [0.2, 0.25) is 0 Å². The number of ether oxygens (including phenoxy) is 1. The molecule has 0 aliphatic heterocycles. The summed E-state index contributed by atoms with van der Waals surface area (Å²) in [6.07, 6.45) is 5.77. The zero-order valence-corrected chi connectivity index (χ0v) is 16.2. The fourth-order valence-electron chi connectivity index (χ4n) is 2.35. The molecule has 0 saturated carbocycles. The molecule has 0 unspecified atom stereocenters. The molecule has 7 nitrogen and oxygen atoms in total. The zero-order valence-electron chi connectivity index (χ0n) is 15.4. The predicted octanol–water partition coefficient (Wildman–Crippen LogP) is 3.35. The maximum atomic E-state index is 12.5. The molecule has 0 spiro atoms. The van der Waals surface area contributed by atoms with Gasteiger partial charge in [0.15, 0.2) is 5.82 Å². The summed E-state index contributed by atoms with van der Waals surface area (Å²) >= 11 is 1.50. The number of amides is 1. The molecule has 0 aliphatic rings. The Morgan fingerprint density at radius 1 is 1.25 bits per heavy atom. The third-order valence-corrected chi connectivity index (χ3v) is 4.58. The van der Waals surface area contributed by atoms with E-state index in [4.69, 9.17) is 9.26 Å². The van der Waals surface area contributed by atoms with E-state index in [0.29, 0.717) is 28.1 Å². The van der Waals surface area contributed by atoms with Crippen LogP contribution in [0.25, 0.3) is 6.08 Å². The summed E-state index contributed by atoms with van der Waals surface area (Å²) in [5, 5.41) is 7.26. The Labute approximate surface area is 167 Å². The number of aromatic nitrogens is 3. The third-order valence-electron chi connectivity index (χ3n) is 3.63. The van der Waals surface area contributed by atoms with Gasteiger partial charge in [0.05, 0.1) is 12.1 Å². The Morgan fingerprint density at radius 3 is 2.93 bits per heavy atom. The standard InChI is InChI=1S/C20H20N4O3S/c1-26-14-18-23-17(24-27-18)13-22-19(25)16-10-5-11-21-20(16)28-12-6-9-15-7-3-2-4-8-15/h2-11H,12-14H2,1H3,(H,22,25). The zero-order chi connectivity index (χ0) is 19.6. The van der Waals surface area contributed by atoms with E-state index < -0.39 is 0 Å². The van der Waals surface area contributed by atoms with Crippen LogP contribution in [-0.4, -0.2) is 33.9 Å². The number of carbonyl (C=O) groups excluding carboxylic acids is 1. The van der Waals surface area contributed by atoms with Gasteiger partial charge in [-0.2, -0.15) is 4.98 Å². The second-order valence-electron chi connectivity index (χ2n) is 5.70. The van der Waals surface area contributed by atoms with Crippen molar-refractivity contribution in [2.24, 2.45) is 0 Å². The van der Waals surface area contributed by atoms with Gasteiger partial charge in [0.25, 0.3) is 11.8 Å². The fraction of sp³-hybridized carbons (Fsp3) is 0.200. The van der Waals surface area contributed by atoms with Crippen molar-refractivity contribution in [2.45, 2.75) is 18.2 Å². The van der Waals surface area contributed by atoms with Crippen molar-refractivity contribution in [2.75, 3.05) is 12.9 Å². The lowest BCUT2D eigenvalue weighted by atomic mass is 10.2. The Bertz CT molecular complexity index is 928. The summed E-state index contributed by atoms with van der Waals surface area (Å²) in [4.78, 5) is 21.0. The monoisotopic (exact) mass is 396 g/mol. The van der Waals surface area contributed by atoms with Gasteiger partial charge in [0.2, 0.25) is 0 Å². The van der Waals surface area contributed by atoms with E-state index in [1.54, 1.807) is 25.4 Å². The Kier molecular flexibility index (Phi) is 7.34. The molecule has 0 saturated heterocycles. The molecule has 28 heavy (non-hydrogen) atoms. The molecule has 1 amide bonds. The lowest BCUT2D eigenvalue weighted by Gasteiger charge is -2.07. The smallest absolute Gasteiger partial charge is 0.254 e. The molecule has 144 valence electrons. The number of thioether (sulfide) groups is 1. The molecule has 0 bridgehead atoms. The van der Waals surface area contributed by atoms with Crippen molar-refractivity contribution < 1.29 is 14.1 Å². The molecule has 2 heterocycles. The minimum Gasteiger partial charge on any atom is -0.375 e. The first-order valence-corrected chi connectivity index (χ1v) is 9.63. The van der Waals surface area contributed by atoms with E-state index in [-0.39, 0.29) is 19.1 Å². The number of nitrogens with one attached hydrogen (secondary N) is 1. The number of carbonyl (C=O) groups is 1. The van der Waals surface area contributed by atoms with E-state index in [1.165, 1.54) is 11.8 Å². The molecule has 0 radical (unpaired) electrons. The maximum Gasteiger partial charge on any atom is 0.254 e. The molecule has 1 aromatic carbocycles. The quantitative estimate of drug-likeness (QED) is 0.555. The predicted molar refractivity (Wildman–Crippen MR) is 107 cm³/mol. The fourth-order valence-corrected chi connectivity index (χ4v) is 3.15. The minimum absolute atomic E-state index is 0.166. The second-order valence-corrected chi connectivity index (χ2v) is 6.71. The van der Waals surface area contributed by atoms with E-state index in [2.05, 4.69) is 20.4 Å². The third kappa shape index (κ3) is 5.77. The van der Waals surface area contributed by atoms with Gasteiger partial charge in [0.1, 0.15) is 11.6 Å². The molecule has 3 rings (SSSR count). The van der Waals surface area contributed by atoms with E-state index in [1.807, 2.05) is 42.5 Å². The first-order valence-electron chi connectivity index (χ1n) is 8.64. The van der Waals surface area contributed by atoms with Gasteiger partial charge in [-0.25, -0.2) is 4.98 Å². The van der Waals surface area contributed by atoms with Gasteiger partial charge in [-0.15, -0.1) is 11.8 Å². The van der Waals surface area contributed by atoms with Crippen LogP contribution in [0, 0.1) is 0 Å². The molecule has 8 heteroatoms. The van der Waals surface area contributed by atoms with Crippen molar-refractivity contribution in [1.82, 2.24) is 20.4 Å². The number of hydrogen-bond acceptors (Lipinski definition) is 7. The van der Waals surface area contributed by atoms with Crippen LogP contribution in [0.1, 0.15) is 27.6 Å². The number of methoxy groups -OCH3 is 1. The first-order chi connectivity index (χ1) is 13.8. The summed E-state index contributed by atoms with van der Waals surface area (Å²) < 4.78 is 9.93. The molecule has 1 N–H and O–H groups in total. The first kappa shape index (κ1) is 19.8. The Balaban J connectivity index is 1.56. The average Bonchev–Trinajstić information content (AvgIpc) is 3.18. The van der Waals surface area contributed by atoms with Crippen LogP contribution in [0.15, 0.2) is 64.3 Å². The molecule has 3 aromatic rings. The molecule has 2 aromatic heterocycles. The van der Waals surface area contributed by atoms with Gasteiger partial charge in [-0.1, -0.05) is 47.6 Å². The van der Waals surface area contributed by atoms with Crippen LogP contribution < -0.4 is 5.32 Å². The van der Waals surface area contributed by atoms with Crippen LogP contribution in [0.4, 0.5) is 0 Å². The van der Waals surface area contributed by atoms with Crippen molar-refractivity contribution in [3.63, 3.8) is 0 Å². The summed E-state index contributed by atoms with van der Waals surface area (Å²) in [7, 11) is 1.54. The highest BCUT2D eigenvalue weighted by Crippen LogP contribution is 2.20. The lowest BCUT2D eigenvalue weighted by molar-refractivity contribution is 0.0946. The van der Waals surface area contributed by atoms with Gasteiger partial charge in [-0.3, -0.25) is 4.79 Å². The highest BCUT2D eigenvalue weighted by Gasteiger charge is 2.13. The number of benzene rings is 1. The maximum absolute atomic E-state index is 12.5. The molecular formula is C20H20N4O3S. The van der Waals surface area contributed by atoms with Gasteiger partial charge in [0, 0.05) is 19.1 Å². The summed E-state index contributed by atoms with van der Waals surface area (Å²) in [5.41, 5.74) is 1.65. The molecule has 0 atom stereocenters. The summed E-state index contributed by atoms with van der Waals surface area (Å²) in [5.74, 6) is 1.23. The largest absolute Gasteiger partial charge is 0.375 e. The Hall–Kier alpha value is -2.97. The highest BCUT2D eigenvalue weighted by molar-refractivity contribution is 7.99. The molecule has 0 fully saturated rings. The minimum atomic E-state index is -0.235. The van der Waals surface area contributed by atoms with Crippen molar-refractivity contribution >= 4 is 23.7 Å². The topological polar surface area (TPSA) is 90.1 Å². The molecule has 0 aliphatic carbocycles. The van der Waals surface area contributed by atoms with Crippen LogP contribution in [0.5, 0.6) is 0 Å². The van der Waals surface area contributed by atoms with Gasteiger partial charge >= 0.3 is 0 Å². The van der Waals surface area contributed by atoms with Crippen LogP contribution in [-0.2, 0) is 17.9 Å². The number of pyridine rings is 1. The van der Waals surface area contributed by atoms with Crippen molar-refractivity contribution in [1.29, 1.82) is 0 Å². The van der Waals surface area contributed by atoms with E-state index in [9.17, 15) is 4.79 Å². The summed E-state index contributed by atoms with van der Waals surface area (Å²) in [6.45, 7) is 0.403. The highest BCUT2D eigenvalue weighted by atomic mass is 32.2. The van der Waals surface area contributed by atoms with Crippen molar-refractivity contribution in [3.05, 3.63) is 77.6 Å². The number of nitrogens with zero attached hydrogens (tertiary/aromatic N) is 3. The number of hydrogen-bond donors (Lipinski definition) is 1. The SMILES string of the molecule is COCc1nc(CNC(=O)c2cccnc2SCC=Cc2ccccc2)no1. The molecular weight excluding hydrogens is 376 g/mol. The van der Waals surface area contributed by atoms with E-state index >= 15 is 0 Å². The van der Waals surface area contributed by atoms with Crippen molar-refractivity contribution in [3.8, 4) is 0 Å². The van der Waals surface area contributed by atoms with Crippen LogP contribution >= 0.6 is 11.8 Å². The number of rotatable bonds is 9. The van der Waals surface area contributed by atoms with Gasteiger partial charge in [-0.05, 0) is 17.7 Å². The second kappa shape index (κ2) is 10.4. The normalized spacial score (nSPS) is 11.0. The van der Waals surface area contributed by atoms with Gasteiger partial charge < -0.3 is 14.6 Å².